The minimum absolute atomic E-state index is 0.612. The molecule has 0 saturated heterocycles. The van der Waals surface area contributed by atoms with Crippen LogP contribution in [-0.2, 0) is 12.8 Å². The van der Waals surface area contributed by atoms with Crippen LogP contribution in [0, 0.1) is 0 Å². The van der Waals surface area contributed by atoms with E-state index in [0.29, 0.717) is 24.8 Å². The van der Waals surface area contributed by atoms with Crippen molar-refractivity contribution in [2.24, 2.45) is 0 Å². The summed E-state index contributed by atoms with van der Waals surface area (Å²) in [5, 5.41) is 11.0. The Morgan fingerprint density at radius 2 is 2.24 bits per heavy atom. The van der Waals surface area contributed by atoms with Gasteiger partial charge >= 0.3 is 0 Å². The van der Waals surface area contributed by atoms with Gasteiger partial charge in [-0.25, -0.2) is 4.98 Å². The first-order valence-electron chi connectivity index (χ1n) is 6.77. The standard InChI is InChI=1S/C13H16N6OS/c1-3-8-6-9-11(15-5-4-10-16-7-17-20-10)18-13(14-2)19-12(9)21-8/h6-7H,3-5H2,1-2H3,(H2,14,15,18,19). The molecule has 0 saturated carbocycles. The van der Waals surface area contributed by atoms with E-state index in [1.165, 1.54) is 11.2 Å². The fourth-order valence-electron chi connectivity index (χ4n) is 1.99. The van der Waals surface area contributed by atoms with Crippen molar-refractivity contribution in [2.75, 3.05) is 24.2 Å². The topological polar surface area (TPSA) is 88.8 Å². The molecule has 0 aliphatic rings. The van der Waals surface area contributed by atoms with Gasteiger partial charge < -0.3 is 15.2 Å². The van der Waals surface area contributed by atoms with E-state index in [2.05, 4.69) is 43.7 Å². The van der Waals surface area contributed by atoms with Crippen LogP contribution in [0.2, 0.25) is 0 Å². The molecule has 8 heteroatoms. The molecule has 7 nitrogen and oxygen atoms in total. The van der Waals surface area contributed by atoms with Crippen LogP contribution < -0.4 is 10.6 Å². The van der Waals surface area contributed by atoms with Crippen molar-refractivity contribution in [3.63, 3.8) is 0 Å². The SMILES string of the molecule is CCc1cc2c(NCCc3ncno3)nc(NC)nc2s1. The van der Waals surface area contributed by atoms with Gasteiger partial charge in [0.25, 0.3) is 0 Å². The Hall–Kier alpha value is -2.22. The zero-order chi connectivity index (χ0) is 14.7. The number of nitrogens with one attached hydrogen (secondary N) is 2. The summed E-state index contributed by atoms with van der Waals surface area (Å²) in [6.07, 6.45) is 3.06. The number of nitrogens with zero attached hydrogens (tertiary/aromatic N) is 4. The van der Waals surface area contributed by atoms with E-state index in [1.807, 2.05) is 7.05 Å². The summed E-state index contributed by atoms with van der Waals surface area (Å²) in [4.78, 5) is 15.3. The highest BCUT2D eigenvalue weighted by Crippen LogP contribution is 2.30. The molecule has 3 aromatic rings. The van der Waals surface area contributed by atoms with Crippen LogP contribution >= 0.6 is 11.3 Å². The summed E-state index contributed by atoms with van der Waals surface area (Å²) < 4.78 is 4.98. The number of rotatable bonds is 6. The lowest BCUT2D eigenvalue weighted by Gasteiger charge is -2.07. The molecule has 0 bridgehead atoms. The van der Waals surface area contributed by atoms with E-state index in [-0.39, 0.29) is 0 Å². The average molecular weight is 304 g/mol. The molecule has 0 fully saturated rings. The Balaban J connectivity index is 1.83. The maximum absolute atomic E-state index is 4.98. The largest absolute Gasteiger partial charge is 0.369 e. The van der Waals surface area contributed by atoms with Gasteiger partial charge in [0, 0.05) is 24.9 Å². The number of thiophene rings is 1. The van der Waals surface area contributed by atoms with Gasteiger partial charge in [0.15, 0.2) is 6.33 Å². The van der Waals surface area contributed by atoms with Crippen LogP contribution in [0.15, 0.2) is 16.9 Å². The molecule has 0 amide bonds. The van der Waals surface area contributed by atoms with Gasteiger partial charge in [-0.15, -0.1) is 11.3 Å². The van der Waals surface area contributed by atoms with Crippen molar-refractivity contribution in [3.8, 4) is 0 Å². The second-order valence-electron chi connectivity index (χ2n) is 4.44. The molecule has 0 aliphatic heterocycles. The Morgan fingerprint density at radius 3 is 2.95 bits per heavy atom. The lowest BCUT2D eigenvalue weighted by atomic mass is 10.3. The number of hydrogen-bond acceptors (Lipinski definition) is 8. The van der Waals surface area contributed by atoms with Crippen molar-refractivity contribution in [2.45, 2.75) is 19.8 Å². The van der Waals surface area contributed by atoms with Gasteiger partial charge in [0.1, 0.15) is 10.6 Å². The minimum atomic E-state index is 0.612. The van der Waals surface area contributed by atoms with Gasteiger partial charge in [-0.3, -0.25) is 0 Å². The summed E-state index contributed by atoms with van der Waals surface area (Å²) in [6.45, 7) is 2.81. The lowest BCUT2D eigenvalue weighted by Crippen LogP contribution is -2.08. The zero-order valence-electron chi connectivity index (χ0n) is 11.9. The Bertz CT molecular complexity index is 724. The number of hydrogen-bond donors (Lipinski definition) is 2. The van der Waals surface area contributed by atoms with Crippen molar-refractivity contribution < 1.29 is 4.52 Å². The summed E-state index contributed by atoms with van der Waals surface area (Å²) >= 11 is 1.70. The highest BCUT2D eigenvalue weighted by molar-refractivity contribution is 7.18. The molecule has 3 rings (SSSR count). The van der Waals surface area contributed by atoms with Crippen LogP contribution in [0.3, 0.4) is 0 Å². The Labute approximate surface area is 125 Å². The van der Waals surface area contributed by atoms with Crippen LogP contribution in [0.4, 0.5) is 11.8 Å². The molecule has 110 valence electrons. The van der Waals surface area contributed by atoms with Crippen molar-refractivity contribution in [3.05, 3.63) is 23.2 Å². The minimum Gasteiger partial charge on any atom is -0.369 e. The molecule has 0 aromatic carbocycles. The third-order valence-electron chi connectivity index (χ3n) is 3.05. The van der Waals surface area contributed by atoms with Crippen LogP contribution in [0.1, 0.15) is 17.7 Å². The molecule has 0 radical (unpaired) electrons. The molecule has 0 unspecified atom stereocenters. The molecule has 21 heavy (non-hydrogen) atoms. The van der Waals surface area contributed by atoms with Gasteiger partial charge in [0.2, 0.25) is 11.8 Å². The number of fused-ring (bicyclic) bond motifs is 1. The quantitative estimate of drug-likeness (QED) is 0.722. The van der Waals surface area contributed by atoms with Gasteiger partial charge in [0.05, 0.1) is 5.39 Å². The number of anilines is 2. The molecular weight excluding hydrogens is 288 g/mol. The molecule has 3 aromatic heterocycles. The molecule has 3 heterocycles. The average Bonchev–Trinajstić information content (AvgIpc) is 3.15. The molecular formula is C13H16N6OS. The highest BCUT2D eigenvalue weighted by Gasteiger charge is 2.11. The van der Waals surface area contributed by atoms with Gasteiger partial charge in [-0.1, -0.05) is 12.1 Å². The predicted molar refractivity (Wildman–Crippen MR) is 82.8 cm³/mol. The van der Waals surface area contributed by atoms with E-state index in [4.69, 9.17) is 4.52 Å². The molecule has 2 N–H and O–H groups in total. The van der Waals surface area contributed by atoms with Gasteiger partial charge in [-0.2, -0.15) is 9.97 Å². The normalized spacial score (nSPS) is 11.0. The first kappa shape index (κ1) is 13.7. The zero-order valence-corrected chi connectivity index (χ0v) is 12.7. The van der Waals surface area contributed by atoms with E-state index in [0.717, 1.165) is 22.5 Å². The van der Waals surface area contributed by atoms with E-state index in [1.54, 1.807) is 11.3 Å². The molecule has 0 aliphatic carbocycles. The predicted octanol–water partition coefficient (Wildman–Crippen LogP) is 2.33. The smallest absolute Gasteiger partial charge is 0.228 e. The maximum atomic E-state index is 4.98. The van der Waals surface area contributed by atoms with Crippen LogP contribution in [-0.4, -0.2) is 33.7 Å². The molecule has 0 spiro atoms. The maximum Gasteiger partial charge on any atom is 0.228 e. The van der Waals surface area contributed by atoms with Crippen LogP contribution in [0.5, 0.6) is 0 Å². The second-order valence-corrected chi connectivity index (χ2v) is 5.56. The third kappa shape index (κ3) is 2.94. The lowest BCUT2D eigenvalue weighted by molar-refractivity contribution is 0.380. The van der Waals surface area contributed by atoms with Crippen molar-refractivity contribution >= 4 is 33.3 Å². The third-order valence-corrected chi connectivity index (χ3v) is 4.23. The molecule has 0 atom stereocenters. The summed E-state index contributed by atoms with van der Waals surface area (Å²) in [6, 6.07) is 2.15. The number of aromatic nitrogens is 4. The Morgan fingerprint density at radius 1 is 1.33 bits per heavy atom. The first-order chi connectivity index (χ1) is 10.3. The fraction of sp³-hybridized carbons (Fsp3) is 0.385. The Kier molecular flexibility index (Phi) is 3.96. The van der Waals surface area contributed by atoms with E-state index >= 15 is 0 Å². The summed E-state index contributed by atoms with van der Waals surface area (Å²) in [5.41, 5.74) is 0. The van der Waals surface area contributed by atoms with E-state index < -0.39 is 0 Å². The highest BCUT2D eigenvalue weighted by atomic mass is 32.1. The summed E-state index contributed by atoms with van der Waals surface area (Å²) in [7, 11) is 1.82. The monoisotopic (exact) mass is 304 g/mol. The van der Waals surface area contributed by atoms with E-state index in [9.17, 15) is 0 Å². The first-order valence-corrected chi connectivity index (χ1v) is 7.59. The second kappa shape index (κ2) is 6.04. The van der Waals surface area contributed by atoms with Gasteiger partial charge in [-0.05, 0) is 12.5 Å². The fourth-order valence-corrected chi connectivity index (χ4v) is 2.95. The van der Waals surface area contributed by atoms with Crippen molar-refractivity contribution in [1.29, 1.82) is 0 Å². The summed E-state index contributed by atoms with van der Waals surface area (Å²) in [5.74, 6) is 2.06. The van der Waals surface area contributed by atoms with Crippen LogP contribution in [0.25, 0.3) is 10.2 Å². The number of aryl methyl sites for hydroxylation is 1. The van der Waals surface area contributed by atoms with Crippen molar-refractivity contribution in [1.82, 2.24) is 20.1 Å².